The Balaban J connectivity index is 2.74. The van der Waals surface area contributed by atoms with Crippen LogP contribution in [0.25, 0.3) is 10.9 Å². The standard InChI is InChI=1S/C9H6BrClN2O2/c1-15-9(14)8-5-2-4(10)3-6(11)7(5)12-13-8/h2-3H,1H3,(H,12,13). The number of hydrogen-bond donors (Lipinski definition) is 1. The Labute approximate surface area is 98.7 Å². The molecule has 0 saturated carbocycles. The average Bonchev–Trinajstić information content (AvgIpc) is 2.60. The van der Waals surface area contributed by atoms with Gasteiger partial charge in [0.05, 0.1) is 12.1 Å². The normalized spacial score (nSPS) is 10.6. The van der Waals surface area contributed by atoms with Crippen molar-refractivity contribution in [1.82, 2.24) is 10.2 Å². The first-order valence-electron chi connectivity index (χ1n) is 4.05. The van der Waals surface area contributed by atoms with Gasteiger partial charge in [-0.2, -0.15) is 5.10 Å². The van der Waals surface area contributed by atoms with Crippen LogP contribution in [-0.4, -0.2) is 23.3 Å². The highest BCUT2D eigenvalue weighted by Gasteiger charge is 2.15. The van der Waals surface area contributed by atoms with Crippen LogP contribution >= 0.6 is 27.5 Å². The second-order valence-corrected chi connectivity index (χ2v) is 4.20. The first kappa shape index (κ1) is 10.4. The van der Waals surface area contributed by atoms with E-state index in [4.69, 9.17) is 11.6 Å². The summed E-state index contributed by atoms with van der Waals surface area (Å²) in [6, 6.07) is 3.47. The lowest BCUT2D eigenvalue weighted by Gasteiger charge is -1.97. The van der Waals surface area contributed by atoms with Crippen molar-refractivity contribution in [2.45, 2.75) is 0 Å². The summed E-state index contributed by atoms with van der Waals surface area (Å²) in [7, 11) is 1.31. The predicted octanol–water partition coefficient (Wildman–Crippen LogP) is 2.77. The highest BCUT2D eigenvalue weighted by molar-refractivity contribution is 9.10. The second kappa shape index (κ2) is 3.83. The highest BCUT2D eigenvalue weighted by atomic mass is 79.9. The van der Waals surface area contributed by atoms with Crippen LogP contribution in [-0.2, 0) is 4.74 Å². The second-order valence-electron chi connectivity index (χ2n) is 2.87. The number of H-pyrrole nitrogens is 1. The van der Waals surface area contributed by atoms with Gasteiger partial charge in [-0.1, -0.05) is 27.5 Å². The molecule has 0 amide bonds. The molecule has 2 aromatic rings. The van der Waals surface area contributed by atoms with E-state index < -0.39 is 5.97 Å². The van der Waals surface area contributed by atoms with Crippen LogP contribution in [0.5, 0.6) is 0 Å². The Morgan fingerprint density at radius 3 is 3.00 bits per heavy atom. The number of hydrogen-bond acceptors (Lipinski definition) is 3. The third-order valence-electron chi connectivity index (χ3n) is 1.97. The number of aromatic amines is 1. The zero-order chi connectivity index (χ0) is 11.0. The molecule has 0 aliphatic rings. The third kappa shape index (κ3) is 1.72. The Morgan fingerprint density at radius 2 is 2.33 bits per heavy atom. The van der Waals surface area contributed by atoms with Gasteiger partial charge in [0.25, 0.3) is 0 Å². The molecule has 1 heterocycles. The van der Waals surface area contributed by atoms with E-state index >= 15 is 0 Å². The van der Waals surface area contributed by atoms with Crippen molar-refractivity contribution in [2.75, 3.05) is 7.11 Å². The van der Waals surface area contributed by atoms with Gasteiger partial charge in [-0.3, -0.25) is 5.10 Å². The van der Waals surface area contributed by atoms with Crippen LogP contribution in [0, 0.1) is 0 Å². The van der Waals surface area contributed by atoms with Crippen LogP contribution in [0.15, 0.2) is 16.6 Å². The molecule has 0 spiro atoms. The van der Waals surface area contributed by atoms with E-state index in [0.717, 1.165) is 4.47 Å². The Morgan fingerprint density at radius 1 is 1.60 bits per heavy atom. The zero-order valence-electron chi connectivity index (χ0n) is 7.67. The van der Waals surface area contributed by atoms with Gasteiger partial charge >= 0.3 is 5.97 Å². The lowest BCUT2D eigenvalue weighted by atomic mass is 10.2. The molecule has 0 radical (unpaired) electrons. The molecule has 78 valence electrons. The van der Waals surface area contributed by atoms with Gasteiger partial charge in [0.1, 0.15) is 5.52 Å². The Bertz CT molecular complexity index is 538. The van der Waals surface area contributed by atoms with Gasteiger partial charge in [-0.05, 0) is 12.1 Å². The summed E-state index contributed by atoms with van der Waals surface area (Å²) in [4.78, 5) is 11.4. The minimum atomic E-state index is -0.466. The largest absolute Gasteiger partial charge is 0.464 e. The fraction of sp³-hybridized carbons (Fsp3) is 0.111. The van der Waals surface area contributed by atoms with E-state index in [-0.39, 0.29) is 0 Å². The molecule has 0 aliphatic heterocycles. The lowest BCUT2D eigenvalue weighted by molar-refractivity contribution is 0.0596. The molecule has 4 nitrogen and oxygen atoms in total. The fourth-order valence-electron chi connectivity index (χ4n) is 1.30. The number of rotatable bonds is 1. The maximum Gasteiger partial charge on any atom is 0.356 e. The molecule has 6 heteroatoms. The molecule has 1 N–H and O–H groups in total. The van der Waals surface area contributed by atoms with E-state index in [1.54, 1.807) is 12.1 Å². The van der Waals surface area contributed by atoms with Crippen LogP contribution < -0.4 is 0 Å². The number of benzene rings is 1. The SMILES string of the molecule is COC(=O)c1[nH]nc2c(Cl)cc(Br)cc12. The van der Waals surface area contributed by atoms with Crippen molar-refractivity contribution < 1.29 is 9.53 Å². The first-order chi connectivity index (χ1) is 7.13. The number of carbonyl (C=O) groups excluding carboxylic acids is 1. The molecule has 1 aromatic carbocycles. The van der Waals surface area contributed by atoms with Crippen LogP contribution in [0.2, 0.25) is 5.02 Å². The third-order valence-corrected chi connectivity index (χ3v) is 2.71. The van der Waals surface area contributed by atoms with E-state index in [1.165, 1.54) is 7.11 Å². The number of methoxy groups -OCH3 is 1. The molecule has 0 aliphatic carbocycles. The molecule has 0 fully saturated rings. The van der Waals surface area contributed by atoms with Crippen LogP contribution in [0.4, 0.5) is 0 Å². The molecule has 2 rings (SSSR count). The minimum Gasteiger partial charge on any atom is -0.464 e. The van der Waals surface area contributed by atoms with Gasteiger partial charge in [0, 0.05) is 9.86 Å². The van der Waals surface area contributed by atoms with Gasteiger partial charge in [0.15, 0.2) is 5.69 Å². The number of fused-ring (bicyclic) bond motifs is 1. The molecule has 0 unspecified atom stereocenters. The molecular formula is C9H6BrClN2O2. The van der Waals surface area contributed by atoms with Gasteiger partial charge in [-0.25, -0.2) is 4.79 Å². The molecule has 0 bridgehead atoms. The monoisotopic (exact) mass is 288 g/mol. The number of nitrogens with zero attached hydrogens (tertiary/aromatic N) is 1. The molecule has 1 aromatic heterocycles. The number of nitrogens with one attached hydrogen (secondary N) is 1. The number of carbonyl (C=O) groups is 1. The van der Waals surface area contributed by atoms with Crippen molar-refractivity contribution in [1.29, 1.82) is 0 Å². The van der Waals surface area contributed by atoms with E-state index in [9.17, 15) is 4.79 Å². The molecule has 15 heavy (non-hydrogen) atoms. The van der Waals surface area contributed by atoms with Crippen molar-refractivity contribution >= 4 is 44.4 Å². The van der Waals surface area contributed by atoms with Gasteiger partial charge in [-0.15, -0.1) is 0 Å². The Kier molecular flexibility index (Phi) is 2.67. The number of ether oxygens (including phenoxy) is 1. The number of esters is 1. The number of aromatic nitrogens is 2. The summed E-state index contributed by atoms with van der Waals surface area (Å²) in [5.74, 6) is -0.466. The Hall–Kier alpha value is -1.07. The van der Waals surface area contributed by atoms with E-state index in [2.05, 4.69) is 30.9 Å². The summed E-state index contributed by atoms with van der Waals surface area (Å²) in [5, 5.41) is 7.67. The lowest BCUT2D eigenvalue weighted by Crippen LogP contribution is -2.01. The predicted molar refractivity (Wildman–Crippen MR) is 60.1 cm³/mol. The minimum absolute atomic E-state index is 0.302. The van der Waals surface area contributed by atoms with Crippen molar-refractivity contribution in [3.05, 3.63) is 27.3 Å². The van der Waals surface area contributed by atoms with E-state index in [0.29, 0.717) is 21.6 Å². The smallest absolute Gasteiger partial charge is 0.356 e. The topological polar surface area (TPSA) is 55.0 Å². The zero-order valence-corrected chi connectivity index (χ0v) is 10.0. The summed E-state index contributed by atoms with van der Waals surface area (Å²) >= 11 is 9.25. The number of halogens is 2. The average molecular weight is 290 g/mol. The summed E-state index contributed by atoms with van der Waals surface area (Å²) in [5.41, 5.74) is 0.857. The maximum atomic E-state index is 11.4. The molecule has 0 saturated heterocycles. The first-order valence-corrected chi connectivity index (χ1v) is 5.22. The quantitative estimate of drug-likeness (QED) is 0.821. The summed E-state index contributed by atoms with van der Waals surface area (Å²) in [6.07, 6.45) is 0. The molecule has 0 atom stereocenters. The van der Waals surface area contributed by atoms with Crippen molar-refractivity contribution in [2.24, 2.45) is 0 Å². The van der Waals surface area contributed by atoms with E-state index in [1.807, 2.05) is 0 Å². The highest BCUT2D eigenvalue weighted by Crippen LogP contribution is 2.28. The van der Waals surface area contributed by atoms with Crippen LogP contribution in [0.1, 0.15) is 10.5 Å². The van der Waals surface area contributed by atoms with Gasteiger partial charge < -0.3 is 4.74 Å². The van der Waals surface area contributed by atoms with Crippen molar-refractivity contribution in [3.63, 3.8) is 0 Å². The maximum absolute atomic E-state index is 11.4. The van der Waals surface area contributed by atoms with Gasteiger partial charge in [0.2, 0.25) is 0 Å². The fourth-order valence-corrected chi connectivity index (χ4v) is 2.15. The summed E-state index contributed by atoms with van der Waals surface area (Å²) < 4.78 is 5.40. The molecular weight excluding hydrogens is 283 g/mol. The van der Waals surface area contributed by atoms with Crippen LogP contribution in [0.3, 0.4) is 0 Å². The van der Waals surface area contributed by atoms with Crippen molar-refractivity contribution in [3.8, 4) is 0 Å². The summed E-state index contributed by atoms with van der Waals surface area (Å²) in [6.45, 7) is 0.